The van der Waals surface area contributed by atoms with Crippen LogP contribution in [0.1, 0.15) is 26.3 Å². The lowest BCUT2D eigenvalue weighted by atomic mass is 9.92. The van der Waals surface area contributed by atoms with Gasteiger partial charge in [0.15, 0.2) is 0 Å². The maximum Gasteiger partial charge on any atom is 0.138 e. The Hall–Kier alpha value is -0.690. The molecular formula is C11H17N3O2S. The molecule has 1 aromatic rings. The summed E-state index contributed by atoms with van der Waals surface area (Å²) in [5.41, 5.74) is 0.517. The molecule has 2 rings (SSSR count). The molecule has 17 heavy (non-hydrogen) atoms. The highest BCUT2D eigenvalue weighted by atomic mass is 32.2. The Kier molecular flexibility index (Phi) is 3.40. The number of nitrogens with one attached hydrogen (secondary N) is 1. The molecule has 0 saturated carbocycles. The van der Waals surface area contributed by atoms with E-state index in [0.29, 0.717) is 13.2 Å². The summed E-state index contributed by atoms with van der Waals surface area (Å²) in [6, 6.07) is 0. The van der Waals surface area contributed by atoms with Crippen molar-refractivity contribution in [2.24, 2.45) is 0 Å². The SMILES string of the molecule is CC(C)(C)[S+]([O-])NC1(c2cncnc2)COC1. The number of hydrogen-bond donors (Lipinski definition) is 1. The van der Waals surface area contributed by atoms with Crippen LogP contribution in [0.5, 0.6) is 0 Å². The van der Waals surface area contributed by atoms with Crippen molar-refractivity contribution in [3.63, 3.8) is 0 Å². The fourth-order valence-corrected chi connectivity index (χ4v) is 2.36. The highest BCUT2D eigenvalue weighted by molar-refractivity contribution is 7.90. The Morgan fingerprint density at radius 2 is 1.94 bits per heavy atom. The summed E-state index contributed by atoms with van der Waals surface area (Å²) in [5, 5.41) is 0. The second-order valence-electron chi connectivity index (χ2n) is 5.19. The average Bonchev–Trinajstić information content (AvgIpc) is 2.23. The molecule has 5 nitrogen and oxygen atoms in total. The van der Waals surface area contributed by atoms with Gasteiger partial charge in [-0.15, -0.1) is 4.72 Å². The minimum Gasteiger partial charge on any atom is -0.598 e. The van der Waals surface area contributed by atoms with Gasteiger partial charge in [0, 0.05) is 29.3 Å². The van der Waals surface area contributed by atoms with Crippen molar-refractivity contribution >= 4 is 11.4 Å². The van der Waals surface area contributed by atoms with Gasteiger partial charge >= 0.3 is 0 Å². The zero-order valence-corrected chi connectivity index (χ0v) is 11.1. The Morgan fingerprint density at radius 1 is 1.35 bits per heavy atom. The molecule has 1 fully saturated rings. The molecule has 1 atom stereocenters. The maximum atomic E-state index is 12.1. The molecule has 1 aromatic heterocycles. The van der Waals surface area contributed by atoms with E-state index in [1.807, 2.05) is 20.8 Å². The van der Waals surface area contributed by atoms with Crippen molar-refractivity contribution in [2.75, 3.05) is 13.2 Å². The molecule has 6 heteroatoms. The Balaban J connectivity index is 2.16. The number of nitrogens with zero attached hydrogens (tertiary/aromatic N) is 2. The quantitative estimate of drug-likeness (QED) is 0.807. The van der Waals surface area contributed by atoms with Gasteiger partial charge in [-0.05, 0) is 20.8 Å². The van der Waals surface area contributed by atoms with Gasteiger partial charge in [-0.1, -0.05) is 0 Å². The van der Waals surface area contributed by atoms with Crippen LogP contribution < -0.4 is 4.72 Å². The standard InChI is InChI=1S/C11H17N3O2S/c1-10(2,3)17(15)14-11(6-16-7-11)9-4-12-8-13-5-9/h4-5,8,14H,6-7H2,1-3H3. The summed E-state index contributed by atoms with van der Waals surface area (Å²) in [6.45, 7) is 6.81. The minimum atomic E-state index is -1.14. The van der Waals surface area contributed by atoms with E-state index < -0.39 is 16.9 Å². The van der Waals surface area contributed by atoms with Gasteiger partial charge in [-0.3, -0.25) is 0 Å². The van der Waals surface area contributed by atoms with E-state index in [-0.39, 0.29) is 4.75 Å². The third kappa shape index (κ3) is 2.60. The van der Waals surface area contributed by atoms with Crippen molar-refractivity contribution in [3.05, 3.63) is 24.3 Å². The predicted molar refractivity (Wildman–Crippen MR) is 65.6 cm³/mol. The molecule has 1 aliphatic heterocycles. The van der Waals surface area contributed by atoms with Gasteiger partial charge in [-0.2, -0.15) is 0 Å². The fourth-order valence-electron chi connectivity index (χ4n) is 1.47. The van der Waals surface area contributed by atoms with E-state index in [1.54, 1.807) is 12.4 Å². The Labute approximate surface area is 104 Å². The van der Waals surface area contributed by atoms with E-state index in [4.69, 9.17) is 4.74 Å². The lowest BCUT2D eigenvalue weighted by Crippen LogP contribution is -2.61. The first-order valence-electron chi connectivity index (χ1n) is 5.47. The smallest absolute Gasteiger partial charge is 0.138 e. The molecule has 94 valence electrons. The van der Waals surface area contributed by atoms with Crippen LogP contribution in [0.3, 0.4) is 0 Å². The Morgan fingerprint density at radius 3 is 2.35 bits per heavy atom. The third-order valence-electron chi connectivity index (χ3n) is 2.65. The van der Waals surface area contributed by atoms with Gasteiger partial charge < -0.3 is 9.29 Å². The summed E-state index contributed by atoms with van der Waals surface area (Å²) in [6.07, 6.45) is 4.96. The minimum absolute atomic E-state index is 0.307. The zero-order valence-electron chi connectivity index (χ0n) is 10.3. The first-order chi connectivity index (χ1) is 7.94. The van der Waals surface area contributed by atoms with Crippen molar-refractivity contribution in [1.29, 1.82) is 0 Å². The third-order valence-corrected chi connectivity index (χ3v) is 4.34. The van der Waals surface area contributed by atoms with Crippen LogP contribution >= 0.6 is 0 Å². The molecule has 0 bridgehead atoms. The van der Waals surface area contributed by atoms with Gasteiger partial charge in [0.05, 0.1) is 13.2 Å². The lowest BCUT2D eigenvalue weighted by molar-refractivity contribution is -0.0669. The van der Waals surface area contributed by atoms with Gasteiger partial charge in [-0.25, -0.2) is 9.97 Å². The molecule has 0 aliphatic carbocycles. The molecule has 1 unspecified atom stereocenters. The summed E-state index contributed by atoms with van der Waals surface area (Å²) in [5.74, 6) is 0. The first kappa shape index (κ1) is 12.8. The molecular weight excluding hydrogens is 238 g/mol. The monoisotopic (exact) mass is 255 g/mol. The molecule has 0 radical (unpaired) electrons. The van der Waals surface area contributed by atoms with Crippen LogP contribution in [-0.2, 0) is 21.6 Å². The molecule has 1 aliphatic rings. The summed E-state index contributed by atoms with van der Waals surface area (Å²) >= 11 is -1.14. The summed E-state index contributed by atoms with van der Waals surface area (Å²) in [7, 11) is 0. The van der Waals surface area contributed by atoms with Gasteiger partial charge in [0.1, 0.15) is 16.6 Å². The molecule has 1 saturated heterocycles. The first-order valence-corrected chi connectivity index (χ1v) is 6.62. The van der Waals surface area contributed by atoms with Crippen LogP contribution in [0.25, 0.3) is 0 Å². The normalized spacial score (nSPS) is 20.7. The lowest BCUT2D eigenvalue weighted by Gasteiger charge is -2.42. The van der Waals surface area contributed by atoms with Gasteiger partial charge in [0.2, 0.25) is 0 Å². The van der Waals surface area contributed by atoms with E-state index in [0.717, 1.165) is 5.56 Å². The molecule has 0 aromatic carbocycles. The predicted octanol–water partition coefficient (Wildman–Crippen LogP) is 0.754. The van der Waals surface area contributed by atoms with E-state index in [1.165, 1.54) is 6.33 Å². The van der Waals surface area contributed by atoms with Crippen LogP contribution in [0.15, 0.2) is 18.7 Å². The highest BCUT2D eigenvalue weighted by Gasteiger charge is 2.47. The largest absolute Gasteiger partial charge is 0.598 e. The van der Waals surface area contributed by atoms with E-state index >= 15 is 0 Å². The van der Waals surface area contributed by atoms with Gasteiger partial charge in [0.25, 0.3) is 0 Å². The van der Waals surface area contributed by atoms with Crippen molar-refractivity contribution in [2.45, 2.75) is 31.1 Å². The van der Waals surface area contributed by atoms with E-state index in [2.05, 4.69) is 14.7 Å². The summed E-state index contributed by atoms with van der Waals surface area (Å²) < 4.78 is 20.2. The molecule has 0 amide bonds. The average molecular weight is 255 g/mol. The molecule has 2 heterocycles. The maximum absolute atomic E-state index is 12.1. The zero-order chi connectivity index (χ0) is 12.5. The van der Waals surface area contributed by atoms with Crippen LogP contribution in [-0.4, -0.2) is 32.5 Å². The number of ether oxygens (including phenoxy) is 1. The van der Waals surface area contributed by atoms with Crippen LogP contribution in [0.2, 0.25) is 0 Å². The molecule has 0 spiro atoms. The number of rotatable bonds is 3. The van der Waals surface area contributed by atoms with Crippen LogP contribution in [0, 0.1) is 0 Å². The number of hydrogen-bond acceptors (Lipinski definition) is 5. The number of aromatic nitrogens is 2. The second-order valence-corrected chi connectivity index (χ2v) is 7.15. The van der Waals surface area contributed by atoms with Crippen molar-refractivity contribution in [1.82, 2.24) is 14.7 Å². The van der Waals surface area contributed by atoms with Crippen molar-refractivity contribution < 1.29 is 9.29 Å². The highest BCUT2D eigenvalue weighted by Crippen LogP contribution is 2.31. The van der Waals surface area contributed by atoms with Crippen molar-refractivity contribution in [3.8, 4) is 0 Å². The topological polar surface area (TPSA) is 70.1 Å². The molecule has 1 N–H and O–H groups in total. The Bertz CT molecular complexity index is 376. The summed E-state index contributed by atoms with van der Waals surface area (Å²) in [4.78, 5) is 7.99. The second kappa shape index (κ2) is 4.53. The van der Waals surface area contributed by atoms with E-state index in [9.17, 15) is 4.55 Å². The fraction of sp³-hybridized carbons (Fsp3) is 0.636. The van der Waals surface area contributed by atoms with Crippen LogP contribution in [0.4, 0.5) is 0 Å².